The van der Waals surface area contributed by atoms with E-state index in [-0.39, 0.29) is 11.2 Å². The van der Waals surface area contributed by atoms with Gasteiger partial charge in [0.2, 0.25) is 5.88 Å². The van der Waals surface area contributed by atoms with Crippen molar-refractivity contribution in [2.75, 3.05) is 0 Å². The number of aromatic nitrogens is 3. The highest BCUT2D eigenvalue weighted by atomic mass is 127. The molecule has 0 unspecified atom stereocenters. The van der Waals surface area contributed by atoms with Gasteiger partial charge in [0.1, 0.15) is 12.1 Å². The number of rotatable bonds is 3. The predicted molar refractivity (Wildman–Crippen MR) is 83.2 cm³/mol. The highest BCUT2D eigenvalue weighted by molar-refractivity contribution is 14.1. The van der Waals surface area contributed by atoms with Gasteiger partial charge in [0, 0.05) is 18.5 Å². The Bertz CT molecular complexity index is 841. The van der Waals surface area contributed by atoms with Crippen LogP contribution in [-0.2, 0) is 0 Å². The summed E-state index contributed by atoms with van der Waals surface area (Å²) in [5, 5.41) is 11.6. The summed E-state index contributed by atoms with van der Waals surface area (Å²) in [6, 6.07) is 6.33. The van der Waals surface area contributed by atoms with Gasteiger partial charge in [-0.15, -0.1) is 0 Å². The minimum absolute atomic E-state index is 0.0599. The average molecular weight is 394 g/mol. The Morgan fingerprint density at radius 3 is 2.86 bits per heavy atom. The summed E-state index contributed by atoms with van der Waals surface area (Å²) in [4.78, 5) is 22.6. The number of nitrogens with zero attached hydrogens (tertiary/aromatic N) is 4. The molecule has 0 atom stereocenters. The maximum absolute atomic E-state index is 11.0. The fourth-order valence-electron chi connectivity index (χ4n) is 1.85. The van der Waals surface area contributed by atoms with Crippen molar-refractivity contribution in [3.8, 4) is 11.6 Å². The molecule has 21 heavy (non-hydrogen) atoms. The molecule has 7 nitrogen and oxygen atoms in total. The van der Waals surface area contributed by atoms with Crippen molar-refractivity contribution in [3.63, 3.8) is 0 Å². The number of benzene rings is 1. The number of pyridine rings is 1. The van der Waals surface area contributed by atoms with Crippen LogP contribution in [0.2, 0.25) is 0 Å². The molecule has 2 heterocycles. The Kier molecular flexibility index (Phi) is 3.60. The van der Waals surface area contributed by atoms with Crippen LogP contribution in [-0.4, -0.2) is 19.9 Å². The number of hydrogen-bond acceptors (Lipinski definition) is 6. The highest BCUT2D eigenvalue weighted by Gasteiger charge is 2.17. The summed E-state index contributed by atoms with van der Waals surface area (Å²) in [6.07, 6.45) is 4.51. The smallest absolute Gasteiger partial charge is 0.295 e. The Morgan fingerprint density at radius 1 is 1.24 bits per heavy atom. The molecule has 0 amide bonds. The largest absolute Gasteiger partial charge is 0.437 e. The van der Waals surface area contributed by atoms with Crippen molar-refractivity contribution >= 4 is 39.2 Å². The summed E-state index contributed by atoms with van der Waals surface area (Å²) < 4.78 is 6.48. The Balaban J connectivity index is 2.14. The molecular weight excluding hydrogens is 387 g/mol. The van der Waals surface area contributed by atoms with E-state index in [1.54, 1.807) is 24.4 Å². The first-order valence-electron chi connectivity index (χ1n) is 5.82. The number of ether oxygens (including phenoxy) is 1. The van der Waals surface area contributed by atoms with Crippen molar-refractivity contribution in [3.05, 3.63) is 56.7 Å². The quantitative estimate of drug-likeness (QED) is 0.385. The van der Waals surface area contributed by atoms with Crippen LogP contribution in [0.4, 0.5) is 5.69 Å². The van der Waals surface area contributed by atoms with E-state index >= 15 is 0 Å². The lowest BCUT2D eigenvalue weighted by atomic mass is 10.1. The van der Waals surface area contributed by atoms with E-state index in [1.165, 1.54) is 18.6 Å². The molecule has 0 aliphatic rings. The van der Waals surface area contributed by atoms with Gasteiger partial charge >= 0.3 is 0 Å². The van der Waals surface area contributed by atoms with Crippen LogP contribution in [0.25, 0.3) is 10.9 Å². The van der Waals surface area contributed by atoms with Crippen molar-refractivity contribution in [1.82, 2.24) is 15.0 Å². The van der Waals surface area contributed by atoms with Crippen LogP contribution >= 0.6 is 22.6 Å². The molecular formula is C13H7IN4O3. The molecule has 0 bridgehead atoms. The first-order valence-corrected chi connectivity index (χ1v) is 6.90. The molecule has 0 radical (unpaired) electrons. The zero-order valence-electron chi connectivity index (χ0n) is 10.4. The maximum Gasteiger partial charge on any atom is 0.295 e. The first kappa shape index (κ1) is 13.6. The van der Waals surface area contributed by atoms with E-state index in [9.17, 15) is 10.1 Å². The number of hydrogen-bond donors (Lipinski definition) is 0. The van der Waals surface area contributed by atoms with Gasteiger partial charge in [-0.25, -0.2) is 15.0 Å². The maximum atomic E-state index is 11.0. The molecule has 0 saturated heterocycles. The van der Waals surface area contributed by atoms with E-state index in [2.05, 4.69) is 37.5 Å². The Hall–Kier alpha value is -2.36. The Morgan fingerprint density at radius 2 is 2.10 bits per heavy atom. The minimum Gasteiger partial charge on any atom is -0.437 e. The molecule has 3 aromatic rings. The lowest BCUT2D eigenvalue weighted by molar-refractivity contribution is -0.383. The first-order chi connectivity index (χ1) is 10.2. The highest BCUT2D eigenvalue weighted by Crippen LogP contribution is 2.34. The molecule has 0 N–H and O–H groups in total. The van der Waals surface area contributed by atoms with Gasteiger partial charge in [0.15, 0.2) is 5.52 Å². The van der Waals surface area contributed by atoms with E-state index in [0.717, 1.165) is 3.57 Å². The van der Waals surface area contributed by atoms with Gasteiger partial charge in [-0.2, -0.15) is 0 Å². The van der Waals surface area contributed by atoms with Gasteiger partial charge in [0.25, 0.3) is 5.69 Å². The van der Waals surface area contributed by atoms with Crippen molar-refractivity contribution in [1.29, 1.82) is 0 Å². The van der Waals surface area contributed by atoms with Crippen LogP contribution in [0, 0.1) is 13.7 Å². The van der Waals surface area contributed by atoms with Gasteiger partial charge in [0.05, 0.1) is 13.9 Å². The number of fused-ring (bicyclic) bond motifs is 1. The second-order valence-corrected chi connectivity index (χ2v) is 5.18. The molecule has 0 aliphatic carbocycles. The van der Waals surface area contributed by atoms with E-state index in [0.29, 0.717) is 17.0 Å². The predicted octanol–water partition coefficient (Wildman–Crippen LogP) is 3.33. The number of nitro groups is 1. The lowest BCUT2D eigenvalue weighted by Crippen LogP contribution is -1.96. The summed E-state index contributed by atoms with van der Waals surface area (Å²) in [5.41, 5.74) is 0.222. The van der Waals surface area contributed by atoms with Gasteiger partial charge in [-0.1, -0.05) is 0 Å². The van der Waals surface area contributed by atoms with Crippen molar-refractivity contribution in [2.24, 2.45) is 0 Å². The van der Waals surface area contributed by atoms with Gasteiger partial charge in [-0.3, -0.25) is 10.1 Å². The van der Waals surface area contributed by atoms with E-state index in [1.807, 2.05) is 0 Å². The molecule has 104 valence electrons. The topological polar surface area (TPSA) is 91.0 Å². The van der Waals surface area contributed by atoms with Crippen LogP contribution < -0.4 is 4.74 Å². The molecule has 0 spiro atoms. The second kappa shape index (κ2) is 5.56. The number of halogens is 1. The molecule has 2 aromatic heterocycles. The van der Waals surface area contributed by atoms with E-state index in [4.69, 9.17) is 4.74 Å². The van der Waals surface area contributed by atoms with Gasteiger partial charge in [-0.05, 0) is 40.8 Å². The normalized spacial score (nSPS) is 10.5. The van der Waals surface area contributed by atoms with E-state index < -0.39 is 4.92 Å². The number of nitro benzene ring substituents is 1. The second-order valence-electron chi connectivity index (χ2n) is 4.02. The third kappa shape index (κ3) is 2.61. The van der Waals surface area contributed by atoms with Crippen LogP contribution in [0.1, 0.15) is 0 Å². The Labute approximate surface area is 132 Å². The van der Waals surface area contributed by atoms with Crippen LogP contribution in [0.5, 0.6) is 11.6 Å². The average Bonchev–Trinajstić information content (AvgIpc) is 2.49. The lowest BCUT2D eigenvalue weighted by Gasteiger charge is -2.08. The van der Waals surface area contributed by atoms with Crippen molar-refractivity contribution < 1.29 is 9.66 Å². The summed E-state index contributed by atoms with van der Waals surface area (Å²) in [5.74, 6) is 0.852. The molecule has 0 fully saturated rings. The third-order valence-electron chi connectivity index (χ3n) is 2.75. The zero-order chi connectivity index (χ0) is 14.8. The third-order valence-corrected chi connectivity index (χ3v) is 3.49. The SMILES string of the molecule is O=[N+]([O-])c1ccc(Oc2ncncc2I)c2cccnc12. The molecule has 1 aromatic carbocycles. The summed E-state index contributed by atoms with van der Waals surface area (Å²) in [6.45, 7) is 0. The summed E-state index contributed by atoms with van der Waals surface area (Å²) in [7, 11) is 0. The summed E-state index contributed by atoms with van der Waals surface area (Å²) >= 11 is 2.05. The van der Waals surface area contributed by atoms with Crippen LogP contribution in [0.15, 0.2) is 43.0 Å². The number of non-ortho nitro benzene ring substituents is 1. The monoisotopic (exact) mass is 394 g/mol. The molecule has 0 saturated carbocycles. The molecule has 8 heteroatoms. The molecule has 0 aliphatic heterocycles. The van der Waals surface area contributed by atoms with Gasteiger partial charge < -0.3 is 4.74 Å². The fourth-order valence-corrected chi connectivity index (χ4v) is 2.26. The van der Waals surface area contributed by atoms with Crippen LogP contribution in [0.3, 0.4) is 0 Å². The fraction of sp³-hybridized carbons (Fsp3) is 0. The van der Waals surface area contributed by atoms with Crippen molar-refractivity contribution in [2.45, 2.75) is 0 Å². The minimum atomic E-state index is -0.465. The molecule has 3 rings (SSSR count). The standard InChI is InChI=1S/C13H7IN4O3/c14-9-6-15-7-17-13(9)21-11-4-3-10(18(19)20)12-8(11)2-1-5-16-12/h1-7H. The zero-order valence-corrected chi connectivity index (χ0v) is 12.6.